The number of anilines is 2. The fraction of sp³-hybridized carbons (Fsp3) is 0.231. The van der Waals surface area contributed by atoms with E-state index in [0.717, 1.165) is 22.9 Å². The van der Waals surface area contributed by atoms with Crippen LogP contribution in [0.15, 0.2) is 36.7 Å². The first kappa shape index (κ1) is 11.4. The fourth-order valence-electron chi connectivity index (χ4n) is 1.56. The second-order valence-electron chi connectivity index (χ2n) is 3.77. The predicted octanol–water partition coefficient (Wildman–Crippen LogP) is 2.56. The van der Waals surface area contributed by atoms with Gasteiger partial charge in [-0.25, -0.2) is 9.97 Å². The summed E-state index contributed by atoms with van der Waals surface area (Å²) in [6, 6.07) is 9.80. The molecule has 1 aromatic heterocycles. The smallest absolute Gasteiger partial charge is 0.136 e. The summed E-state index contributed by atoms with van der Waals surface area (Å²) in [5, 5.41) is 0. The molecule has 17 heavy (non-hydrogen) atoms. The first-order valence-corrected chi connectivity index (χ1v) is 5.37. The lowest BCUT2D eigenvalue weighted by Gasteiger charge is -2.18. The van der Waals surface area contributed by atoms with E-state index in [0.29, 0.717) is 0 Å². The summed E-state index contributed by atoms with van der Waals surface area (Å²) in [7, 11) is 3.64. The zero-order valence-corrected chi connectivity index (χ0v) is 10.2. The summed E-state index contributed by atoms with van der Waals surface area (Å²) >= 11 is 0. The highest BCUT2D eigenvalue weighted by molar-refractivity contribution is 5.59. The summed E-state index contributed by atoms with van der Waals surface area (Å²) in [5.41, 5.74) is 2.01. The summed E-state index contributed by atoms with van der Waals surface area (Å²) in [6.45, 7) is 1.95. The molecule has 0 unspecified atom stereocenters. The molecule has 2 rings (SSSR count). The van der Waals surface area contributed by atoms with Crippen molar-refractivity contribution in [3.8, 4) is 5.75 Å². The Morgan fingerprint density at radius 1 is 1.12 bits per heavy atom. The molecule has 88 valence electrons. The van der Waals surface area contributed by atoms with Crippen molar-refractivity contribution in [3.63, 3.8) is 0 Å². The Kier molecular flexibility index (Phi) is 3.23. The minimum Gasteiger partial charge on any atom is -0.497 e. The molecule has 0 bridgehead atoms. The van der Waals surface area contributed by atoms with Gasteiger partial charge in [-0.3, -0.25) is 0 Å². The molecule has 0 aliphatic rings. The van der Waals surface area contributed by atoms with Crippen LogP contribution in [0, 0.1) is 6.92 Å². The van der Waals surface area contributed by atoms with Crippen LogP contribution in [-0.4, -0.2) is 24.1 Å². The monoisotopic (exact) mass is 229 g/mol. The molecule has 0 amide bonds. The third-order valence-electron chi connectivity index (χ3n) is 2.59. The van der Waals surface area contributed by atoms with Gasteiger partial charge in [-0.15, -0.1) is 0 Å². The van der Waals surface area contributed by atoms with Gasteiger partial charge in [-0.05, 0) is 31.2 Å². The third kappa shape index (κ3) is 2.53. The van der Waals surface area contributed by atoms with E-state index < -0.39 is 0 Å². The van der Waals surface area contributed by atoms with Crippen LogP contribution in [0.5, 0.6) is 5.75 Å². The number of hydrogen-bond donors (Lipinski definition) is 0. The minimum absolute atomic E-state index is 0.848. The van der Waals surface area contributed by atoms with Crippen molar-refractivity contribution in [1.29, 1.82) is 0 Å². The maximum Gasteiger partial charge on any atom is 0.136 e. The van der Waals surface area contributed by atoms with Gasteiger partial charge >= 0.3 is 0 Å². The molecule has 2 aromatic rings. The number of aromatic nitrogens is 2. The highest BCUT2D eigenvalue weighted by atomic mass is 16.5. The van der Waals surface area contributed by atoms with E-state index in [4.69, 9.17) is 4.74 Å². The van der Waals surface area contributed by atoms with Crippen LogP contribution >= 0.6 is 0 Å². The topological polar surface area (TPSA) is 38.2 Å². The minimum atomic E-state index is 0.848. The number of rotatable bonds is 3. The maximum atomic E-state index is 5.13. The molecular weight excluding hydrogens is 214 g/mol. The van der Waals surface area contributed by atoms with Gasteiger partial charge in [0, 0.05) is 24.5 Å². The zero-order valence-electron chi connectivity index (χ0n) is 10.2. The Morgan fingerprint density at radius 3 is 2.41 bits per heavy atom. The van der Waals surface area contributed by atoms with Crippen molar-refractivity contribution >= 4 is 11.5 Å². The van der Waals surface area contributed by atoms with Gasteiger partial charge in [0.2, 0.25) is 0 Å². The van der Waals surface area contributed by atoms with Crippen molar-refractivity contribution in [2.45, 2.75) is 6.92 Å². The molecule has 0 spiro atoms. The van der Waals surface area contributed by atoms with E-state index in [-0.39, 0.29) is 0 Å². The third-order valence-corrected chi connectivity index (χ3v) is 2.59. The molecule has 4 heteroatoms. The average molecular weight is 229 g/mol. The van der Waals surface area contributed by atoms with E-state index in [2.05, 4.69) is 9.97 Å². The first-order chi connectivity index (χ1) is 8.20. The molecule has 1 heterocycles. The van der Waals surface area contributed by atoms with Crippen molar-refractivity contribution in [2.75, 3.05) is 19.1 Å². The highest BCUT2D eigenvalue weighted by Crippen LogP contribution is 2.23. The molecule has 0 aliphatic carbocycles. The SMILES string of the molecule is COc1ccc(N(C)c2cc(C)ncn2)cc1. The van der Waals surface area contributed by atoms with Crippen LogP contribution in [0.25, 0.3) is 0 Å². The van der Waals surface area contributed by atoms with Gasteiger partial charge in [0.1, 0.15) is 17.9 Å². The van der Waals surface area contributed by atoms with Crippen molar-refractivity contribution in [2.24, 2.45) is 0 Å². The molecule has 4 nitrogen and oxygen atoms in total. The van der Waals surface area contributed by atoms with Crippen LogP contribution in [0.2, 0.25) is 0 Å². The Morgan fingerprint density at radius 2 is 1.82 bits per heavy atom. The average Bonchev–Trinajstić information content (AvgIpc) is 2.38. The van der Waals surface area contributed by atoms with E-state index in [9.17, 15) is 0 Å². The standard InChI is InChI=1S/C13H15N3O/c1-10-8-13(15-9-14-10)16(2)11-4-6-12(17-3)7-5-11/h4-9H,1-3H3. The summed E-state index contributed by atoms with van der Waals surface area (Å²) in [5.74, 6) is 1.73. The lowest BCUT2D eigenvalue weighted by molar-refractivity contribution is 0.415. The van der Waals surface area contributed by atoms with E-state index in [1.807, 2.05) is 49.2 Å². The second kappa shape index (κ2) is 4.82. The molecule has 0 aliphatic heterocycles. The highest BCUT2D eigenvalue weighted by Gasteiger charge is 2.05. The summed E-state index contributed by atoms with van der Waals surface area (Å²) in [6.07, 6.45) is 1.57. The maximum absolute atomic E-state index is 5.13. The summed E-state index contributed by atoms with van der Waals surface area (Å²) < 4.78 is 5.13. The quantitative estimate of drug-likeness (QED) is 0.810. The van der Waals surface area contributed by atoms with Crippen LogP contribution in [0.1, 0.15) is 5.69 Å². The Balaban J connectivity index is 2.27. The number of benzene rings is 1. The number of nitrogens with zero attached hydrogens (tertiary/aromatic N) is 3. The van der Waals surface area contributed by atoms with E-state index in [1.165, 1.54) is 0 Å². The summed E-state index contributed by atoms with van der Waals surface area (Å²) in [4.78, 5) is 10.3. The molecule has 0 fully saturated rings. The van der Waals surface area contributed by atoms with Gasteiger partial charge in [-0.1, -0.05) is 0 Å². The number of ether oxygens (including phenoxy) is 1. The van der Waals surface area contributed by atoms with Crippen LogP contribution in [0.3, 0.4) is 0 Å². The lowest BCUT2D eigenvalue weighted by Crippen LogP contribution is -2.11. The van der Waals surface area contributed by atoms with Crippen molar-refractivity contribution in [1.82, 2.24) is 9.97 Å². The number of hydrogen-bond acceptors (Lipinski definition) is 4. The molecule has 0 saturated heterocycles. The van der Waals surface area contributed by atoms with Crippen LogP contribution in [-0.2, 0) is 0 Å². The van der Waals surface area contributed by atoms with Crippen molar-refractivity contribution < 1.29 is 4.74 Å². The largest absolute Gasteiger partial charge is 0.497 e. The van der Waals surface area contributed by atoms with Gasteiger partial charge < -0.3 is 9.64 Å². The van der Waals surface area contributed by atoms with Gasteiger partial charge in [0.25, 0.3) is 0 Å². The Labute approximate surface area is 101 Å². The predicted molar refractivity (Wildman–Crippen MR) is 67.8 cm³/mol. The molecule has 0 saturated carbocycles. The van der Waals surface area contributed by atoms with E-state index in [1.54, 1.807) is 13.4 Å². The van der Waals surface area contributed by atoms with Crippen LogP contribution in [0.4, 0.5) is 11.5 Å². The Bertz CT molecular complexity index is 496. The normalized spacial score (nSPS) is 10.1. The fourth-order valence-corrected chi connectivity index (χ4v) is 1.56. The molecular formula is C13H15N3O. The van der Waals surface area contributed by atoms with Crippen molar-refractivity contribution in [3.05, 3.63) is 42.4 Å². The number of methoxy groups -OCH3 is 1. The van der Waals surface area contributed by atoms with Gasteiger partial charge in [0.05, 0.1) is 7.11 Å². The lowest BCUT2D eigenvalue weighted by atomic mass is 10.2. The Hall–Kier alpha value is -2.10. The van der Waals surface area contributed by atoms with E-state index >= 15 is 0 Å². The molecule has 0 radical (unpaired) electrons. The molecule has 0 atom stereocenters. The molecule has 1 aromatic carbocycles. The second-order valence-corrected chi connectivity index (χ2v) is 3.77. The van der Waals surface area contributed by atoms with Gasteiger partial charge in [0.15, 0.2) is 0 Å². The van der Waals surface area contributed by atoms with Crippen LogP contribution < -0.4 is 9.64 Å². The molecule has 0 N–H and O–H groups in total. The zero-order chi connectivity index (χ0) is 12.3. The van der Waals surface area contributed by atoms with Gasteiger partial charge in [-0.2, -0.15) is 0 Å². The number of aryl methyl sites for hydroxylation is 1. The first-order valence-electron chi connectivity index (χ1n) is 5.37.